The molecule has 2 saturated heterocycles. The molecule has 0 N–H and O–H groups in total. The smallest absolute Gasteiger partial charge is 0.241 e. The van der Waals surface area contributed by atoms with Gasteiger partial charge in [0.15, 0.2) is 5.65 Å². The van der Waals surface area contributed by atoms with E-state index in [0.29, 0.717) is 0 Å². The number of carbonyl (C=O) groups excluding carboxylic acids is 1. The van der Waals surface area contributed by atoms with Crippen LogP contribution in [0.4, 0.5) is 0 Å². The van der Waals surface area contributed by atoms with Gasteiger partial charge in [0.1, 0.15) is 6.04 Å². The van der Waals surface area contributed by atoms with Gasteiger partial charge in [0.2, 0.25) is 5.91 Å². The van der Waals surface area contributed by atoms with Gasteiger partial charge in [0, 0.05) is 63.3 Å². The minimum Gasteiger partial charge on any atom is -0.343 e. The first-order valence-electron chi connectivity index (χ1n) is 8.55. The molecule has 7 nitrogen and oxygen atoms in total. The molecule has 7 heteroatoms. The molecule has 4 heterocycles. The van der Waals surface area contributed by atoms with E-state index in [1.54, 1.807) is 0 Å². The predicted octanol–water partition coefficient (Wildman–Crippen LogP) is 0.304. The van der Waals surface area contributed by atoms with E-state index in [4.69, 9.17) is 0 Å². The van der Waals surface area contributed by atoms with Crippen molar-refractivity contribution in [3.8, 4) is 0 Å². The Labute approximate surface area is 141 Å². The van der Waals surface area contributed by atoms with Crippen molar-refractivity contribution in [1.29, 1.82) is 0 Å². The van der Waals surface area contributed by atoms with Gasteiger partial charge in [-0.3, -0.25) is 14.6 Å². The van der Waals surface area contributed by atoms with Crippen LogP contribution in [0.5, 0.6) is 0 Å². The summed E-state index contributed by atoms with van der Waals surface area (Å²) >= 11 is 0. The van der Waals surface area contributed by atoms with E-state index in [1.165, 1.54) is 0 Å². The average Bonchev–Trinajstić information content (AvgIpc) is 2.94. The van der Waals surface area contributed by atoms with Gasteiger partial charge < -0.3 is 4.90 Å². The molecule has 2 aliphatic heterocycles. The van der Waals surface area contributed by atoms with Crippen LogP contribution in [-0.4, -0.2) is 81.0 Å². The summed E-state index contributed by atoms with van der Waals surface area (Å²) in [7, 11) is 1.90. The Hall–Kier alpha value is -1.99. The molecular weight excluding hydrogens is 304 g/mol. The van der Waals surface area contributed by atoms with Crippen molar-refractivity contribution < 1.29 is 4.79 Å². The van der Waals surface area contributed by atoms with Crippen molar-refractivity contribution >= 4 is 11.6 Å². The Balaban J connectivity index is 1.55. The van der Waals surface area contributed by atoms with Crippen LogP contribution in [0.1, 0.15) is 17.0 Å². The van der Waals surface area contributed by atoms with Crippen LogP contribution in [0, 0.1) is 13.8 Å². The lowest BCUT2D eigenvalue weighted by Gasteiger charge is -2.45. The Kier molecular flexibility index (Phi) is 3.77. The van der Waals surface area contributed by atoms with E-state index in [0.717, 1.165) is 61.9 Å². The standard InChI is InChI=1S/C17H24N6O/c1-12-8-13(2)23-16(19-12)14(9-18-23)10-21-5-7-22-6-4-20(3)17(24)15(22)11-21/h8-9,15H,4-7,10-11H2,1-3H3/t15-/m1/s1. The van der Waals surface area contributed by atoms with Gasteiger partial charge in [-0.2, -0.15) is 5.10 Å². The molecule has 2 fully saturated rings. The maximum absolute atomic E-state index is 12.4. The van der Waals surface area contributed by atoms with Gasteiger partial charge in [-0.05, 0) is 19.9 Å². The summed E-state index contributed by atoms with van der Waals surface area (Å²) in [5.41, 5.74) is 4.17. The molecular formula is C17H24N6O. The van der Waals surface area contributed by atoms with Crippen molar-refractivity contribution in [2.45, 2.75) is 26.4 Å². The Morgan fingerprint density at radius 3 is 2.83 bits per heavy atom. The van der Waals surface area contributed by atoms with Crippen LogP contribution in [0.25, 0.3) is 5.65 Å². The quantitative estimate of drug-likeness (QED) is 0.794. The number of likely N-dealkylation sites (N-methyl/N-ethyl adjacent to an activating group) is 1. The van der Waals surface area contributed by atoms with E-state index < -0.39 is 0 Å². The van der Waals surface area contributed by atoms with Gasteiger partial charge in [-0.1, -0.05) is 0 Å². The number of hydrogen-bond acceptors (Lipinski definition) is 5. The van der Waals surface area contributed by atoms with Crippen molar-refractivity contribution in [2.75, 3.05) is 39.8 Å². The topological polar surface area (TPSA) is 57.0 Å². The molecule has 0 bridgehead atoms. The fourth-order valence-electron chi connectivity index (χ4n) is 3.83. The lowest BCUT2D eigenvalue weighted by atomic mass is 10.1. The SMILES string of the molecule is Cc1cc(C)n2ncc(CN3CCN4CCN(C)C(=O)[C@H]4C3)c2n1. The van der Waals surface area contributed by atoms with Crippen molar-refractivity contribution in [3.05, 3.63) is 29.2 Å². The molecule has 0 spiro atoms. The molecule has 0 saturated carbocycles. The Bertz CT molecular complexity index is 785. The van der Waals surface area contributed by atoms with Crippen LogP contribution >= 0.6 is 0 Å². The van der Waals surface area contributed by atoms with Gasteiger partial charge >= 0.3 is 0 Å². The van der Waals surface area contributed by atoms with Crippen LogP contribution in [0.15, 0.2) is 12.3 Å². The first-order valence-corrected chi connectivity index (χ1v) is 8.55. The fourth-order valence-corrected chi connectivity index (χ4v) is 3.83. The Morgan fingerprint density at radius 1 is 1.21 bits per heavy atom. The molecule has 1 amide bonds. The summed E-state index contributed by atoms with van der Waals surface area (Å²) in [6, 6.07) is 2.04. The van der Waals surface area contributed by atoms with Crippen LogP contribution in [-0.2, 0) is 11.3 Å². The summed E-state index contributed by atoms with van der Waals surface area (Å²) in [6.07, 6.45) is 1.91. The van der Waals surface area contributed by atoms with Gasteiger partial charge in [0.25, 0.3) is 0 Å². The number of piperazine rings is 2. The second-order valence-corrected chi connectivity index (χ2v) is 6.99. The largest absolute Gasteiger partial charge is 0.343 e. The van der Waals surface area contributed by atoms with E-state index in [1.807, 2.05) is 42.6 Å². The van der Waals surface area contributed by atoms with Gasteiger partial charge in [-0.25, -0.2) is 9.50 Å². The lowest BCUT2D eigenvalue weighted by molar-refractivity contribution is -0.143. The predicted molar refractivity (Wildman–Crippen MR) is 90.7 cm³/mol. The highest BCUT2D eigenvalue weighted by Crippen LogP contribution is 2.20. The minimum atomic E-state index is -0.00392. The highest BCUT2D eigenvalue weighted by atomic mass is 16.2. The number of aryl methyl sites for hydroxylation is 2. The zero-order valence-electron chi connectivity index (χ0n) is 14.6. The minimum absolute atomic E-state index is 0.00392. The zero-order valence-corrected chi connectivity index (χ0v) is 14.6. The first-order chi connectivity index (χ1) is 11.5. The van der Waals surface area contributed by atoms with Gasteiger partial charge in [0.05, 0.1) is 6.20 Å². The zero-order chi connectivity index (χ0) is 16.8. The summed E-state index contributed by atoms with van der Waals surface area (Å²) in [5, 5.41) is 4.48. The summed E-state index contributed by atoms with van der Waals surface area (Å²) in [6.45, 7) is 9.40. The third-order valence-electron chi connectivity index (χ3n) is 5.20. The monoisotopic (exact) mass is 328 g/mol. The van der Waals surface area contributed by atoms with E-state index in [-0.39, 0.29) is 11.9 Å². The number of hydrogen-bond donors (Lipinski definition) is 0. The molecule has 0 radical (unpaired) electrons. The normalized spacial score (nSPS) is 23.0. The molecule has 0 aliphatic carbocycles. The highest BCUT2D eigenvalue weighted by molar-refractivity contribution is 5.82. The molecule has 2 aromatic rings. The van der Waals surface area contributed by atoms with E-state index in [2.05, 4.69) is 19.9 Å². The summed E-state index contributed by atoms with van der Waals surface area (Å²) in [4.78, 5) is 23.6. The van der Waals surface area contributed by atoms with E-state index >= 15 is 0 Å². The lowest BCUT2D eigenvalue weighted by Crippen LogP contribution is -2.63. The van der Waals surface area contributed by atoms with Crippen LogP contribution in [0.3, 0.4) is 0 Å². The maximum Gasteiger partial charge on any atom is 0.241 e. The third-order valence-corrected chi connectivity index (χ3v) is 5.20. The molecule has 0 aromatic carbocycles. The molecule has 2 aromatic heterocycles. The van der Waals surface area contributed by atoms with Crippen molar-refractivity contribution in [3.63, 3.8) is 0 Å². The molecule has 24 heavy (non-hydrogen) atoms. The number of rotatable bonds is 2. The highest BCUT2D eigenvalue weighted by Gasteiger charge is 2.37. The van der Waals surface area contributed by atoms with Crippen LogP contribution in [0.2, 0.25) is 0 Å². The molecule has 1 atom stereocenters. The third kappa shape index (κ3) is 2.57. The summed E-state index contributed by atoms with van der Waals surface area (Å²) in [5.74, 6) is 0.246. The first kappa shape index (κ1) is 15.5. The number of nitrogens with zero attached hydrogens (tertiary/aromatic N) is 6. The van der Waals surface area contributed by atoms with Crippen molar-refractivity contribution in [1.82, 2.24) is 29.3 Å². The average molecular weight is 328 g/mol. The Morgan fingerprint density at radius 2 is 2.00 bits per heavy atom. The molecule has 0 unspecified atom stereocenters. The fraction of sp³-hybridized carbons (Fsp3) is 0.588. The number of amides is 1. The number of fused-ring (bicyclic) bond motifs is 2. The molecule has 128 valence electrons. The number of carbonyl (C=O) groups is 1. The maximum atomic E-state index is 12.4. The van der Waals surface area contributed by atoms with Crippen LogP contribution < -0.4 is 0 Å². The second kappa shape index (κ2) is 5.82. The van der Waals surface area contributed by atoms with Gasteiger partial charge in [-0.15, -0.1) is 0 Å². The second-order valence-electron chi connectivity index (χ2n) is 6.99. The number of aromatic nitrogens is 3. The van der Waals surface area contributed by atoms with E-state index in [9.17, 15) is 4.79 Å². The molecule has 2 aliphatic rings. The van der Waals surface area contributed by atoms with Crippen molar-refractivity contribution in [2.24, 2.45) is 0 Å². The molecule has 4 rings (SSSR count). The summed E-state index contributed by atoms with van der Waals surface area (Å²) < 4.78 is 1.90.